The standard InChI is InChI=1S/C12H14O4S/c1-8-3-4-11-9(5-8)6-12(16-11)10(13)7-17(2,14)15/h3-6,10,13H,7H2,1-2H3. The molecule has 1 aromatic heterocycles. The molecule has 0 aliphatic carbocycles. The van der Waals surface area contributed by atoms with Crippen molar-refractivity contribution in [2.24, 2.45) is 0 Å². The Morgan fingerprint density at radius 2 is 2.06 bits per heavy atom. The fraction of sp³-hybridized carbons (Fsp3) is 0.333. The van der Waals surface area contributed by atoms with Gasteiger partial charge in [0, 0.05) is 11.6 Å². The quantitative estimate of drug-likeness (QED) is 0.907. The smallest absolute Gasteiger partial charge is 0.150 e. The highest BCUT2D eigenvalue weighted by molar-refractivity contribution is 7.90. The largest absolute Gasteiger partial charge is 0.458 e. The number of hydrogen-bond donors (Lipinski definition) is 1. The summed E-state index contributed by atoms with van der Waals surface area (Å²) in [6.07, 6.45) is -0.0269. The molecule has 4 nitrogen and oxygen atoms in total. The lowest BCUT2D eigenvalue weighted by Gasteiger charge is -2.04. The van der Waals surface area contributed by atoms with E-state index in [0.717, 1.165) is 17.2 Å². The Kier molecular flexibility index (Phi) is 2.97. The van der Waals surface area contributed by atoms with Gasteiger partial charge in [-0.3, -0.25) is 0 Å². The average molecular weight is 254 g/mol. The van der Waals surface area contributed by atoms with Crippen LogP contribution in [0.25, 0.3) is 11.0 Å². The zero-order chi connectivity index (χ0) is 12.6. The van der Waals surface area contributed by atoms with E-state index in [1.807, 2.05) is 19.1 Å². The first kappa shape index (κ1) is 12.1. The van der Waals surface area contributed by atoms with Crippen LogP contribution >= 0.6 is 0 Å². The van der Waals surface area contributed by atoms with Crippen LogP contribution in [-0.2, 0) is 9.84 Å². The third kappa shape index (κ3) is 2.87. The first-order valence-electron chi connectivity index (χ1n) is 5.21. The first-order chi connectivity index (χ1) is 7.85. The van der Waals surface area contributed by atoms with Crippen molar-refractivity contribution in [1.82, 2.24) is 0 Å². The van der Waals surface area contributed by atoms with Crippen LogP contribution in [0.15, 0.2) is 28.7 Å². The number of benzene rings is 1. The van der Waals surface area contributed by atoms with Gasteiger partial charge in [0.15, 0.2) is 0 Å². The second-order valence-electron chi connectivity index (χ2n) is 4.30. The third-order valence-corrected chi connectivity index (χ3v) is 3.40. The molecule has 0 spiro atoms. The number of rotatable bonds is 3. The molecule has 0 amide bonds. The maximum atomic E-state index is 11.1. The molecule has 1 aromatic carbocycles. The average Bonchev–Trinajstić information content (AvgIpc) is 2.57. The van der Waals surface area contributed by atoms with Gasteiger partial charge >= 0.3 is 0 Å². The Morgan fingerprint density at radius 3 is 2.71 bits per heavy atom. The molecule has 1 atom stereocenters. The third-order valence-electron chi connectivity index (χ3n) is 2.48. The number of furan rings is 1. The highest BCUT2D eigenvalue weighted by atomic mass is 32.2. The number of fused-ring (bicyclic) bond motifs is 1. The highest BCUT2D eigenvalue weighted by Crippen LogP contribution is 2.25. The molecule has 0 radical (unpaired) electrons. The maximum absolute atomic E-state index is 11.1. The predicted molar refractivity (Wildman–Crippen MR) is 65.6 cm³/mol. The molecule has 0 aliphatic rings. The summed E-state index contributed by atoms with van der Waals surface area (Å²) < 4.78 is 27.6. The zero-order valence-corrected chi connectivity index (χ0v) is 10.5. The normalized spacial score (nSPS) is 14.1. The number of hydrogen-bond acceptors (Lipinski definition) is 4. The van der Waals surface area contributed by atoms with Gasteiger partial charge in [0.1, 0.15) is 27.3 Å². The van der Waals surface area contributed by atoms with E-state index in [0.29, 0.717) is 5.58 Å². The molecule has 2 rings (SSSR count). The van der Waals surface area contributed by atoms with Crippen molar-refractivity contribution in [2.75, 3.05) is 12.0 Å². The molecule has 0 saturated heterocycles. The molecule has 5 heteroatoms. The summed E-state index contributed by atoms with van der Waals surface area (Å²) >= 11 is 0. The van der Waals surface area contributed by atoms with Crippen LogP contribution in [0.3, 0.4) is 0 Å². The van der Waals surface area contributed by atoms with Crippen LogP contribution in [-0.4, -0.2) is 25.5 Å². The molecule has 92 valence electrons. The zero-order valence-electron chi connectivity index (χ0n) is 9.67. The number of aliphatic hydroxyl groups is 1. The van der Waals surface area contributed by atoms with Gasteiger partial charge in [-0.15, -0.1) is 0 Å². The Labute approximate surface area is 99.8 Å². The second kappa shape index (κ2) is 4.16. The van der Waals surface area contributed by atoms with E-state index in [1.165, 1.54) is 0 Å². The molecule has 1 heterocycles. The van der Waals surface area contributed by atoms with Crippen molar-refractivity contribution in [3.05, 3.63) is 35.6 Å². The molecule has 0 saturated carbocycles. The Bertz CT molecular complexity index is 640. The van der Waals surface area contributed by atoms with Gasteiger partial charge in [-0.05, 0) is 25.1 Å². The van der Waals surface area contributed by atoms with Gasteiger partial charge in [0.05, 0.1) is 5.75 Å². The summed E-state index contributed by atoms with van der Waals surface area (Å²) in [6.45, 7) is 1.96. The van der Waals surface area contributed by atoms with E-state index in [-0.39, 0.29) is 11.5 Å². The fourth-order valence-electron chi connectivity index (χ4n) is 1.72. The lowest BCUT2D eigenvalue weighted by atomic mass is 10.2. The summed E-state index contributed by atoms with van der Waals surface area (Å²) in [4.78, 5) is 0. The lowest BCUT2D eigenvalue weighted by Crippen LogP contribution is -2.11. The van der Waals surface area contributed by atoms with Crippen LogP contribution in [0, 0.1) is 6.92 Å². The minimum Gasteiger partial charge on any atom is -0.458 e. The topological polar surface area (TPSA) is 67.5 Å². The molecule has 1 unspecified atom stereocenters. The van der Waals surface area contributed by atoms with Gasteiger partial charge < -0.3 is 9.52 Å². The highest BCUT2D eigenvalue weighted by Gasteiger charge is 2.18. The minimum absolute atomic E-state index is 0.288. The summed E-state index contributed by atoms with van der Waals surface area (Å²) in [5.74, 6) is -0.0396. The SMILES string of the molecule is Cc1ccc2oc(C(O)CS(C)(=O)=O)cc2c1. The van der Waals surface area contributed by atoms with Gasteiger partial charge in [0.25, 0.3) is 0 Å². The van der Waals surface area contributed by atoms with E-state index >= 15 is 0 Å². The summed E-state index contributed by atoms with van der Waals surface area (Å²) in [5.41, 5.74) is 1.74. The van der Waals surface area contributed by atoms with E-state index in [9.17, 15) is 13.5 Å². The maximum Gasteiger partial charge on any atom is 0.150 e. The summed E-state index contributed by atoms with van der Waals surface area (Å²) in [7, 11) is -3.23. The lowest BCUT2D eigenvalue weighted by molar-refractivity contribution is 0.174. The van der Waals surface area contributed by atoms with E-state index < -0.39 is 15.9 Å². The monoisotopic (exact) mass is 254 g/mol. The number of aliphatic hydroxyl groups excluding tert-OH is 1. The Balaban J connectivity index is 2.36. The minimum atomic E-state index is -3.23. The van der Waals surface area contributed by atoms with Crippen molar-refractivity contribution in [3.63, 3.8) is 0 Å². The fourth-order valence-corrected chi connectivity index (χ4v) is 2.45. The molecule has 0 aliphatic heterocycles. The van der Waals surface area contributed by atoms with Crippen molar-refractivity contribution in [2.45, 2.75) is 13.0 Å². The van der Waals surface area contributed by atoms with E-state index in [4.69, 9.17) is 4.42 Å². The van der Waals surface area contributed by atoms with Crippen LogP contribution < -0.4 is 0 Å². The molecule has 0 fully saturated rings. The molecule has 17 heavy (non-hydrogen) atoms. The Morgan fingerprint density at radius 1 is 1.35 bits per heavy atom. The van der Waals surface area contributed by atoms with Gasteiger partial charge in [-0.25, -0.2) is 8.42 Å². The van der Waals surface area contributed by atoms with E-state index in [2.05, 4.69) is 0 Å². The van der Waals surface area contributed by atoms with Gasteiger partial charge in [-0.2, -0.15) is 0 Å². The van der Waals surface area contributed by atoms with Crippen LogP contribution in [0.5, 0.6) is 0 Å². The number of aryl methyl sites for hydroxylation is 1. The summed E-state index contributed by atoms with van der Waals surface area (Å²) in [5, 5.41) is 10.6. The number of sulfone groups is 1. The van der Waals surface area contributed by atoms with Crippen molar-refractivity contribution in [1.29, 1.82) is 0 Å². The molecular weight excluding hydrogens is 240 g/mol. The van der Waals surface area contributed by atoms with Gasteiger partial charge in [0.2, 0.25) is 0 Å². The van der Waals surface area contributed by atoms with Crippen LogP contribution in [0.1, 0.15) is 17.4 Å². The molecule has 0 bridgehead atoms. The molecular formula is C12H14O4S. The van der Waals surface area contributed by atoms with E-state index in [1.54, 1.807) is 12.1 Å². The molecule has 1 N–H and O–H groups in total. The molecule has 2 aromatic rings. The van der Waals surface area contributed by atoms with Crippen molar-refractivity contribution >= 4 is 20.8 Å². The predicted octanol–water partition coefficient (Wildman–Crippen LogP) is 1.82. The van der Waals surface area contributed by atoms with Crippen molar-refractivity contribution < 1.29 is 17.9 Å². The second-order valence-corrected chi connectivity index (χ2v) is 6.48. The van der Waals surface area contributed by atoms with Crippen molar-refractivity contribution in [3.8, 4) is 0 Å². The van der Waals surface area contributed by atoms with Crippen LogP contribution in [0.4, 0.5) is 0 Å². The first-order valence-corrected chi connectivity index (χ1v) is 7.27. The summed E-state index contributed by atoms with van der Waals surface area (Å²) in [6, 6.07) is 7.31. The van der Waals surface area contributed by atoms with Gasteiger partial charge in [-0.1, -0.05) is 11.6 Å². The Hall–Kier alpha value is -1.33. The van der Waals surface area contributed by atoms with Crippen LogP contribution in [0.2, 0.25) is 0 Å².